The third kappa shape index (κ3) is 3.42. The van der Waals surface area contributed by atoms with Gasteiger partial charge in [0, 0.05) is 31.7 Å². The number of hydrogen-bond acceptors (Lipinski definition) is 4. The number of nitro groups is 1. The van der Waals surface area contributed by atoms with Crippen LogP contribution in [0.3, 0.4) is 0 Å². The summed E-state index contributed by atoms with van der Waals surface area (Å²) in [6.45, 7) is 0.580. The number of hydrogen-bond donors (Lipinski definition) is 1. The molecule has 2 rings (SSSR count). The topological polar surface area (TPSA) is 55.2 Å². The fourth-order valence-corrected chi connectivity index (χ4v) is 3.00. The van der Waals surface area contributed by atoms with Crippen molar-refractivity contribution in [1.29, 1.82) is 0 Å². The Balaban J connectivity index is 2.06. The van der Waals surface area contributed by atoms with Crippen molar-refractivity contribution in [3.8, 4) is 0 Å². The van der Waals surface area contributed by atoms with Gasteiger partial charge in [-0.1, -0.05) is 27.3 Å². The summed E-state index contributed by atoms with van der Waals surface area (Å²) in [5.74, 6) is 0. The normalized spacial score (nSPS) is 10.3. The lowest BCUT2D eigenvalue weighted by molar-refractivity contribution is -0.380. The number of anilines is 1. The number of halogens is 2. The highest BCUT2D eigenvalue weighted by Crippen LogP contribution is 2.26. The maximum absolute atomic E-state index is 10.6. The van der Waals surface area contributed by atoms with Crippen molar-refractivity contribution in [3.05, 3.63) is 53.4 Å². The molecule has 4 nitrogen and oxygen atoms in total. The van der Waals surface area contributed by atoms with E-state index in [9.17, 15) is 10.1 Å². The summed E-state index contributed by atoms with van der Waals surface area (Å²) in [6.07, 6.45) is 0. The molecule has 7 heteroatoms. The van der Waals surface area contributed by atoms with Crippen molar-refractivity contribution in [3.63, 3.8) is 0 Å². The zero-order chi connectivity index (χ0) is 13.1. The van der Waals surface area contributed by atoms with Crippen molar-refractivity contribution >= 4 is 60.5 Å². The van der Waals surface area contributed by atoms with Crippen molar-refractivity contribution in [2.45, 2.75) is 6.54 Å². The zero-order valence-corrected chi connectivity index (χ0v) is 13.6. The summed E-state index contributed by atoms with van der Waals surface area (Å²) < 4.78 is 2.11. The van der Waals surface area contributed by atoms with Crippen LogP contribution in [0, 0.1) is 13.7 Å². The number of nitrogens with zero attached hydrogens (tertiary/aromatic N) is 1. The standard InChI is InChI=1S/C11H8BrIN2O2S/c12-8-1-2-9(13)10(4-8)14-5-7-3-11(15(16)17)18-6-7/h1-4,6,14H,5H2. The smallest absolute Gasteiger partial charge is 0.324 e. The minimum absolute atomic E-state index is 0.177. The molecule has 0 bridgehead atoms. The van der Waals surface area contributed by atoms with Gasteiger partial charge in [-0.2, -0.15) is 0 Å². The maximum atomic E-state index is 10.6. The van der Waals surface area contributed by atoms with Crippen LogP contribution in [0.5, 0.6) is 0 Å². The van der Waals surface area contributed by atoms with Gasteiger partial charge in [0.15, 0.2) is 0 Å². The van der Waals surface area contributed by atoms with Crippen LogP contribution in [0.15, 0.2) is 34.1 Å². The molecule has 0 spiro atoms. The van der Waals surface area contributed by atoms with Crippen LogP contribution in [-0.4, -0.2) is 4.92 Å². The maximum Gasteiger partial charge on any atom is 0.324 e. The van der Waals surface area contributed by atoms with E-state index in [-0.39, 0.29) is 9.92 Å². The second-order valence-electron chi connectivity index (χ2n) is 3.53. The summed E-state index contributed by atoms with van der Waals surface area (Å²) in [7, 11) is 0. The third-order valence-corrected chi connectivity index (χ3v) is 4.59. The van der Waals surface area contributed by atoms with Crippen LogP contribution >= 0.6 is 49.9 Å². The minimum atomic E-state index is -0.364. The fraction of sp³-hybridized carbons (Fsp3) is 0.0909. The Morgan fingerprint density at radius 2 is 2.22 bits per heavy atom. The van der Waals surface area contributed by atoms with Crippen LogP contribution in [0.2, 0.25) is 0 Å². The van der Waals surface area contributed by atoms with E-state index in [2.05, 4.69) is 43.8 Å². The lowest BCUT2D eigenvalue weighted by Crippen LogP contribution is -1.99. The van der Waals surface area contributed by atoms with Crippen molar-refractivity contribution in [1.82, 2.24) is 0 Å². The Bertz CT molecular complexity index is 588. The second-order valence-corrected chi connectivity index (χ2v) is 6.50. The fourth-order valence-electron chi connectivity index (χ4n) is 1.38. The third-order valence-electron chi connectivity index (χ3n) is 2.23. The molecule has 0 saturated heterocycles. The van der Waals surface area contributed by atoms with Gasteiger partial charge in [-0.05, 0) is 46.4 Å². The van der Waals surface area contributed by atoms with E-state index in [1.165, 1.54) is 0 Å². The molecule has 0 fully saturated rings. The molecule has 1 heterocycles. The number of thiophene rings is 1. The Hall–Kier alpha value is -0.670. The van der Waals surface area contributed by atoms with E-state index < -0.39 is 0 Å². The van der Waals surface area contributed by atoms with E-state index in [4.69, 9.17) is 0 Å². The molecule has 0 saturated carbocycles. The van der Waals surface area contributed by atoms with Gasteiger partial charge in [0.05, 0.1) is 4.92 Å². The molecule has 1 aromatic heterocycles. The molecule has 0 radical (unpaired) electrons. The molecule has 0 unspecified atom stereocenters. The Labute approximate surface area is 130 Å². The Kier molecular flexibility index (Phi) is 4.57. The molecular weight excluding hydrogens is 431 g/mol. The molecule has 2 aromatic rings. The van der Waals surface area contributed by atoms with Crippen LogP contribution in [0.4, 0.5) is 10.7 Å². The Morgan fingerprint density at radius 1 is 1.44 bits per heavy atom. The van der Waals surface area contributed by atoms with Crippen molar-refractivity contribution in [2.75, 3.05) is 5.32 Å². The monoisotopic (exact) mass is 438 g/mol. The number of nitrogens with one attached hydrogen (secondary N) is 1. The van der Waals surface area contributed by atoms with Gasteiger partial charge in [0.1, 0.15) is 0 Å². The first-order valence-electron chi connectivity index (χ1n) is 4.97. The molecule has 0 aliphatic rings. The average molecular weight is 439 g/mol. The van der Waals surface area contributed by atoms with Gasteiger partial charge < -0.3 is 5.32 Å². The quantitative estimate of drug-likeness (QED) is 0.430. The summed E-state index contributed by atoms with van der Waals surface area (Å²) in [4.78, 5) is 10.2. The van der Waals surface area contributed by atoms with Crippen LogP contribution in [-0.2, 0) is 6.54 Å². The summed E-state index contributed by atoms with van der Waals surface area (Å²) in [6, 6.07) is 7.57. The van der Waals surface area contributed by atoms with E-state index in [0.29, 0.717) is 6.54 Å². The lowest BCUT2D eigenvalue weighted by Gasteiger charge is -2.07. The van der Waals surface area contributed by atoms with Gasteiger partial charge in [-0.3, -0.25) is 10.1 Å². The van der Waals surface area contributed by atoms with Crippen LogP contribution < -0.4 is 5.32 Å². The first kappa shape index (κ1) is 13.8. The van der Waals surface area contributed by atoms with Crippen LogP contribution in [0.1, 0.15) is 5.56 Å². The molecule has 18 heavy (non-hydrogen) atoms. The van der Waals surface area contributed by atoms with E-state index in [1.807, 2.05) is 18.2 Å². The largest absolute Gasteiger partial charge is 0.380 e. The second kappa shape index (κ2) is 5.98. The highest BCUT2D eigenvalue weighted by Gasteiger charge is 2.09. The lowest BCUT2D eigenvalue weighted by atomic mass is 10.3. The summed E-state index contributed by atoms with van der Waals surface area (Å²) >= 11 is 6.81. The molecular formula is C11H8BrIN2O2S. The zero-order valence-electron chi connectivity index (χ0n) is 9.02. The van der Waals surface area contributed by atoms with E-state index in [1.54, 1.807) is 11.4 Å². The van der Waals surface area contributed by atoms with E-state index in [0.717, 1.165) is 30.6 Å². The molecule has 1 aromatic carbocycles. The molecule has 94 valence electrons. The van der Waals surface area contributed by atoms with E-state index >= 15 is 0 Å². The van der Waals surface area contributed by atoms with Crippen LogP contribution in [0.25, 0.3) is 0 Å². The van der Waals surface area contributed by atoms with Gasteiger partial charge in [-0.15, -0.1) is 0 Å². The Morgan fingerprint density at radius 3 is 2.89 bits per heavy atom. The molecule has 1 N–H and O–H groups in total. The SMILES string of the molecule is O=[N+]([O-])c1cc(CNc2cc(Br)ccc2I)cs1. The van der Waals surface area contributed by atoms with Gasteiger partial charge in [0.25, 0.3) is 0 Å². The number of rotatable bonds is 4. The van der Waals surface area contributed by atoms with Crippen molar-refractivity contribution < 1.29 is 4.92 Å². The summed E-state index contributed by atoms with van der Waals surface area (Å²) in [5, 5.41) is 15.8. The minimum Gasteiger partial charge on any atom is -0.380 e. The molecule has 0 atom stereocenters. The summed E-state index contributed by atoms with van der Waals surface area (Å²) in [5.41, 5.74) is 1.93. The van der Waals surface area contributed by atoms with Gasteiger partial charge in [-0.25, -0.2) is 0 Å². The first-order chi connectivity index (χ1) is 8.56. The average Bonchev–Trinajstić information content (AvgIpc) is 2.79. The predicted octanol–water partition coefficient (Wildman–Crippen LogP) is 4.64. The highest BCUT2D eigenvalue weighted by molar-refractivity contribution is 14.1. The molecule has 0 amide bonds. The van der Waals surface area contributed by atoms with Crippen molar-refractivity contribution in [2.24, 2.45) is 0 Å². The predicted molar refractivity (Wildman–Crippen MR) is 85.2 cm³/mol. The van der Waals surface area contributed by atoms with Gasteiger partial charge >= 0.3 is 5.00 Å². The first-order valence-corrected chi connectivity index (χ1v) is 7.72. The highest BCUT2D eigenvalue weighted by atomic mass is 127. The molecule has 0 aliphatic carbocycles. The van der Waals surface area contributed by atoms with Gasteiger partial charge in [0.2, 0.25) is 0 Å². The molecule has 0 aliphatic heterocycles. The number of benzene rings is 1.